The number of nitrogen functional groups attached to an aromatic ring is 1. The first-order valence-electron chi connectivity index (χ1n) is 6.35. The number of benzene rings is 1. The van der Waals surface area contributed by atoms with Crippen LogP contribution in [0.3, 0.4) is 0 Å². The maximum Gasteiger partial charge on any atom is 0.266 e. The molecule has 1 aromatic carbocycles. The van der Waals surface area contributed by atoms with Crippen LogP contribution >= 0.6 is 0 Å². The lowest BCUT2D eigenvalue weighted by molar-refractivity contribution is -0.116. The molecule has 0 saturated heterocycles. The Hall–Kier alpha value is -2.70. The first-order chi connectivity index (χ1) is 9.95. The molecule has 0 saturated carbocycles. The average Bonchev–Trinajstić information content (AvgIpc) is 2.44. The third-order valence-electron chi connectivity index (χ3n) is 2.82. The molecule has 7 heteroatoms. The van der Waals surface area contributed by atoms with Gasteiger partial charge in [-0.25, -0.2) is 9.07 Å². The molecule has 2 aromatic rings. The number of nitrogens with one attached hydrogen (secondary N) is 1. The Bertz CT molecular complexity index is 727. The summed E-state index contributed by atoms with van der Waals surface area (Å²) in [6.45, 7) is 1.87. The molecule has 0 aliphatic rings. The maximum atomic E-state index is 13.5. The van der Waals surface area contributed by atoms with Crippen molar-refractivity contribution in [1.82, 2.24) is 9.78 Å². The van der Waals surface area contributed by atoms with Crippen LogP contribution in [0.4, 0.5) is 15.8 Å². The molecule has 0 unspecified atom stereocenters. The number of halogens is 1. The fourth-order valence-corrected chi connectivity index (χ4v) is 1.77. The second-order valence-electron chi connectivity index (χ2n) is 4.57. The van der Waals surface area contributed by atoms with E-state index in [4.69, 9.17) is 5.73 Å². The molecule has 0 radical (unpaired) electrons. The van der Waals surface area contributed by atoms with Crippen LogP contribution in [0.25, 0.3) is 0 Å². The number of carbonyl (C=O) groups excluding carboxylic acids is 1. The lowest BCUT2D eigenvalue weighted by Gasteiger charge is -2.08. The van der Waals surface area contributed by atoms with Crippen molar-refractivity contribution in [2.45, 2.75) is 19.9 Å². The van der Waals surface area contributed by atoms with Crippen molar-refractivity contribution in [2.75, 3.05) is 11.1 Å². The van der Waals surface area contributed by atoms with Gasteiger partial charge in [-0.2, -0.15) is 5.10 Å². The van der Waals surface area contributed by atoms with Crippen LogP contribution in [0.1, 0.15) is 12.1 Å². The highest BCUT2D eigenvalue weighted by Gasteiger charge is 2.08. The van der Waals surface area contributed by atoms with Crippen LogP contribution in [0.5, 0.6) is 0 Å². The van der Waals surface area contributed by atoms with Crippen LogP contribution in [-0.2, 0) is 11.3 Å². The van der Waals surface area contributed by atoms with Gasteiger partial charge in [0, 0.05) is 18.2 Å². The Balaban J connectivity index is 2.01. The molecule has 110 valence electrons. The number of hydrogen-bond acceptors (Lipinski definition) is 4. The highest BCUT2D eigenvalue weighted by molar-refractivity contribution is 5.91. The Kier molecular flexibility index (Phi) is 4.32. The van der Waals surface area contributed by atoms with Crippen molar-refractivity contribution in [3.8, 4) is 0 Å². The van der Waals surface area contributed by atoms with Crippen molar-refractivity contribution < 1.29 is 9.18 Å². The minimum Gasteiger partial charge on any atom is -0.399 e. The molecule has 2 rings (SSSR count). The molecule has 21 heavy (non-hydrogen) atoms. The zero-order chi connectivity index (χ0) is 15.4. The highest BCUT2D eigenvalue weighted by Crippen LogP contribution is 2.17. The third kappa shape index (κ3) is 3.88. The maximum absolute atomic E-state index is 13.5. The van der Waals surface area contributed by atoms with Gasteiger partial charge in [-0.05, 0) is 31.2 Å². The number of carbonyl (C=O) groups is 1. The Morgan fingerprint density at radius 1 is 1.38 bits per heavy atom. The lowest BCUT2D eigenvalue weighted by atomic mass is 10.2. The van der Waals surface area contributed by atoms with Gasteiger partial charge in [0.05, 0.1) is 17.9 Å². The smallest absolute Gasteiger partial charge is 0.266 e. The second kappa shape index (κ2) is 6.17. The molecule has 6 nitrogen and oxygen atoms in total. The number of rotatable bonds is 4. The number of aromatic nitrogens is 2. The van der Waals surface area contributed by atoms with Crippen molar-refractivity contribution in [2.24, 2.45) is 0 Å². The molecule has 1 amide bonds. The van der Waals surface area contributed by atoms with Gasteiger partial charge < -0.3 is 11.1 Å². The topological polar surface area (TPSA) is 90.0 Å². The van der Waals surface area contributed by atoms with E-state index in [9.17, 15) is 14.0 Å². The van der Waals surface area contributed by atoms with E-state index in [0.29, 0.717) is 11.4 Å². The van der Waals surface area contributed by atoms with Gasteiger partial charge in [-0.15, -0.1) is 0 Å². The van der Waals surface area contributed by atoms with Crippen LogP contribution < -0.4 is 16.6 Å². The van der Waals surface area contributed by atoms with Crippen molar-refractivity contribution in [1.29, 1.82) is 0 Å². The Morgan fingerprint density at radius 3 is 2.90 bits per heavy atom. The van der Waals surface area contributed by atoms with Crippen LogP contribution in [0.15, 0.2) is 35.1 Å². The summed E-state index contributed by atoms with van der Waals surface area (Å²) in [5.41, 5.74) is 6.29. The van der Waals surface area contributed by atoms with Gasteiger partial charge in [-0.1, -0.05) is 0 Å². The summed E-state index contributed by atoms with van der Waals surface area (Å²) >= 11 is 0. The standard InChI is InChI=1S/C14H15FN4O2/c1-9-2-5-14(21)19(18-9)7-6-13(20)17-12-8-10(16)3-4-11(12)15/h2-5,8H,6-7,16H2,1H3,(H,17,20). The minimum atomic E-state index is -0.566. The summed E-state index contributed by atoms with van der Waals surface area (Å²) in [4.78, 5) is 23.3. The number of anilines is 2. The zero-order valence-corrected chi connectivity index (χ0v) is 11.5. The fraction of sp³-hybridized carbons (Fsp3) is 0.214. The quantitative estimate of drug-likeness (QED) is 0.830. The summed E-state index contributed by atoms with van der Waals surface area (Å²) < 4.78 is 14.7. The second-order valence-corrected chi connectivity index (χ2v) is 4.57. The molecule has 1 aromatic heterocycles. The van der Waals surface area contributed by atoms with E-state index in [1.807, 2.05) is 0 Å². The predicted molar refractivity (Wildman–Crippen MR) is 77.3 cm³/mol. The lowest BCUT2D eigenvalue weighted by Crippen LogP contribution is -2.25. The van der Waals surface area contributed by atoms with Gasteiger partial charge >= 0.3 is 0 Å². The largest absolute Gasteiger partial charge is 0.399 e. The van der Waals surface area contributed by atoms with Crippen molar-refractivity contribution in [3.63, 3.8) is 0 Å². The van der Waals surface area contributed by atoms with E-state index in [-0.39, 0.29) is 24.2 Å². The number of amides is 1. The fourth-order valence-electron chi connectivity index (χ4n) is 1.77. The molecule has 0 bridgehead atoms. The number of nitrogens with zero attached hydrogens (tertiary/aromatic N) is 2. The molecule has 0 aliphatic heterocycles. The van der Waals surface area contributed by atoms with Gasteiger partial charge in [0.1, 0.15) is 5.82 Å². The third-order valence-corrected chi connectivity index (χ3v) is 2.82. The first kappa shape index (κ1) is 14.7. The average molecular weight is 290 g/mol. The van der Waals surface area contributed by atoms with Crippen molar-refractivity contribution in [3.05, 3.63) is 52.2 Å². The Labute approximate surface area is 120 Å². The van der Waals surface area contributed by atoms with E-state index >= 15 is 0 Å². The molecule has 3 N–H and O–H groups in total. The summed E-state index contributed by atoms with van der Waals surface area (Å²) in [6.07, 6.45) is 0.00456. The van der Waals surface area contributed by atoms with Crippen LogP contribution in [0, 0.1) is 12.7 Å². The van der Waals surface area contributed by atoms with Gasteiger partial charge in [0.15, 0.2) is 0 Å². The van der Waals surface area contributed by atoms with Crippen LogP contribution in [0.2, 0.25) is 0 Å². The first-order valence-corrected chi connectivity index (χ1v) is 6.35. The number of nitrogens with two attached hydrogens (primary N) is 1. The molecule has 0 fully saturated rings. The molecular formula is C14H15FN4O2. The van der Waals surface area contributed by atoms with Crippen molar-refractivity contribution >= 4 is 17.3 Å². The highest BCUT2D eigenvalue weighted by atomic mass is 19.1. The Morgan fingerprint density at radius 2 is 2.14 bits per heavy atom. The summed E-state index contributed by atoms with van der Waals surface area (Å²) in [5, 5.41) is 6.43. The van der Waals surface area contributed by atoms with E-state index in [1.165, 1.54) is 28.9 Å². The summed E-state index contributed by atoms with van der Waals surface area (Å²) in [5.74, 6) is -0.988. The summed E-state index contributed by atoms with van der Waals surface area (Å²) in [6, 6.07) is 6.90. The van der Waals surface area contributed by atoms with E-state index in [2.05, 4.69) is 10.4 Å². The molecule has 0 atom stereocenters. The van der Waals surface area contributed by atoms with Crippen LogP contribution in [-0.4, -0.2) is 15.7 Å². The number of hydrogen-bond donors (Lipinski definition) is 2. The molecular weight excluding hydrogens is 275 g/mol. The molecule has 1 heterocycles. The van der Waals surface area contributed by atoms with E-state index in [1.54, 1.807) is 13.0 Å². The van der Waals surface area contributed by atoms with E-state index < -0.39 is 11.7 Å². The summed E-state index contributed by atoms with van der Waals surface area (Å²) in [7, 11) is 0. The van der Waals surface area contributed by atoms with Gasteiger partial charge in [0.2, 0.25) is 5.91 Å². The van der Waals surface area contributed by atoms with Gasteiger partial charge in [-0.3, -0.25) is 9.59 Å². The zero-order valence-electron chi connectivity index (χ0n) is 11.5. The van der Waals surface area contributed by atoms with Gasteiger partial charge in [0.25, 0.3) is 5.56 Å². The number of aryl methyl sites for hydroxylation is 2. The normalized spacial score (nSPS) is 10.4. The monoisotopic (exact) mass is 290 g/mol. The molecule has 0 spiro atoms. The molecule has 0 aliphatic carbocycles. The van der Waals surface area contributed by atoms with E-state index in [0.717, 1.165) is 0 Å². The predicted octanol–water partition coefficient (Wildman–Crippen LogP) is 1.30. The SMILES string of the molecule is Cc1ccc(=O)n(CCC(=O)Nc2cc(N)ccc2F)n1. The minimum absolute atomic E-state index is 0.00456.